The van der Waals surface area contributed by atoms with Crippen LogP contribution in [0, 0.1) is 0 Å². The van der Waals surface area contributed by atoms with E-state index < -0.39 is 0 Å². The van der Waals surface area contributed by atoms with Crippen LogP contribution in [0.5, 0.6) is 0 Å². The normalized spacial score (nSPS) is 17.9. The van der Waals surface area contributed by atoms with E-state index in [2.05, 4.69) is 155 Å². The third kappa shape index (κ3) is 3.42. The summed E-state index contributed by atoms with van der Waals surface area (Å²) in [6.07, 6.45) is 11.1. The van der Waals surface area contributed by atoms with E-state index in [1.807, 2.05) is 0 Å². The van der Waals surface area contributed by atoms with Crippen molar-refractivity contribution in [2.75, 3.05) is 4.90 Å². The fourth-order valence-electron chi connectivity index (χ4n) is 6.68. The van der Waals surface area contributed by atoms with Gasteiger partial charge in [-0.1, -0.05) is 103 Å². The van der Waals surface area contributed by atoms with E-state index in [1.54, 1.807) is 0 Å². The van der Waals surface area contributed by atoms with E-state index in [4.69, 9.17) is 0 Å². The van der Waals surface area contributed by atoms with Crippen LogP contribution >= 0.6 is 0 Å². The Labute approximate surface area is 228 Å². The number of hydrogen-bond donors (Lipinski definition) is 0. The Morgan fingerprint density at radius 1 is 0.538 bits per heavy atom. The Kier molecular flexibility index (Phi) is 4.90. The number of benzene rings is 5. The highest BCUT2D eigenvalue weighted by Gasteiger charge is 2.42. The number of anilines is 2. The lowest BCUT2D eigenvalue weighted by Crippen LogP contribution is -2.42. The number of aromatic nitrogens is 1. The van der Waals surface area contributed by atoms with Gasteiger partial charge in [0.1, 0.15) is 0 Å². The lowest BCUT2D eigenvalue weighted by Gasteiger charge is -2.39. The van der Waals surface area contributed by atoms with Gasteiger partial charge in [0.15, 0.2) is 0 Å². The van der Waals surface area contributed by atoms with Crippen molar-refractivity contribution < 1.29 is 0 Å². The van der Waals surface area contributed by atoms with Crippen molar-refractivity contribution in [1.82, 2.24) is 4.57 Å². The molecule has 0 fully saturated rings. The quantitative estimate of drug-likeness (QED) is 0.235. The summed E-state index contributed by atoms with van der Waals surface area (Å²) in [7, 11) is 0. The molecule has 1 aliphatic heterocycles. The highest BCUT2D eigenvalue weighted by atomic mass is 15.2. The van der Waals surface area contributed by atoms with Gasteiger partial charge in [-0.3, -0.25) is 0 Å². The van der Waals surface area contributed by atoms with Crippen LogP contribution in [0.1, 0.15) is 12.0 Å². The molecule has 0 saturated heterocycles. The average Bonchev–Trinajstić information content (AvgIpc) is 3.50. The van der Waals surface area contributed by atoms with Crippen molar-refractivity contribution in [2.24, 2.45) is 0 Å². The zero-order chi connectivity index (χ0) is 25.8. The lowest BCUT2D eigenvalue weighted by molar-refractivity contribution is 0.545. The maximum atomic E-state index is 2.54. The van der Waals surface area contributed by atoms with Gasteiger partial charge in [-0.2, -0.15) is 0 Å². The van der Waals surface area contributed by atoms with Crippen LogP contribution in [0.25, 0.3) is 38.6 Å². The minimum atomic E-state index is -0.0239. The van der Waals surface area contributed by atoms with Crippen molar-refractivity contribution >= 4 is 33.2 Å². The largest absolute Gasteiger partial charge is 0.331 e. The molecule has 8 rings (SSSR count). The van der Waals surface area contributed by atoms with Crippen molar-refractivity contribution in [3.63, 3.8) is 0 Å². The molecule has 0 amide bonds. The molecular weight excluding hydrogens is 472 g/mol. The first-order chi connectivity index (χ1) is 19.3. The van der Waals surface area contributed by atoms with E-state index >= 15 is 0 Å². The van der Waals surface area contributed by atoms with Crippen LogP contribution in [-0.4, -0.2) is 10.1 Å². The smallest absolute Gasteiger partial charge is 0.0712 e. The van der Waals surface area contributed by atoms with Gasteiger partial charge in [0.05, 0.1) is 16.6 Å². The summed E-state index contributed by atoms with van der Waals surface area (Å²) >= 11 is 0. The number of para-hydroxylation sites is 3. The Balaban J connectivity index is 1.15. The van der Waals surface area contributed by atoms with E-state index in [0.717, 1.165) is 12.8 Å². The second-order valence-corrected chi connectivity index (χ2v) is 10.7. The van der Waals surface area contributed by atoms with Crippen LogP contribution in [0.2, 0.25) is 0 Å². The molecule has 1 aliphatic carbocycles. The molecule has 186 valence electrons. The van der Waals surface area contributed by atoms with E-state index in [1.165, 1.54) is 55.6 Å². The fourth-order valence-corrected chi connectivity index (χ4v) is 6.68. The van der Waals surface area contributed by atoms with Gasteiger partial charge < -0.3 is 9.47 Å². The molecule has 2 heterocycles. The zero-order valence-corrected chi connectivity index (χ0v) is 21.7. The molecule has 1 atom stereocenters. The Morgan fingerprint density at radius 3 is 1.77 bits per heavy atom. The molecule has 1 unspecified atom stereocenters. The Hall–Kier alpha value is -4.82. The maximum Gasteiger partial charge on any atom is 0.0712 e. The van der Waals surface area contributed by atoms with Gasteiger partial charge in [0, 0.05) is 34.3 Å². The first kappa shape index (κ1) is 22.2. The minimum absolute atomic E-state index is 0.0239. The molecule has 0 radical (unpaired) electrons. The number of rotatable bonds is 3. The van der Waals surface area contributed by atoms with Gasteiger partial charge in [0.25, 0.3) is 0 Å². The molecule has 0 N–H and O–H groups in total. The van der Waals surface area contributed by atoms with E-state index in [0.29, 0.717) is 0 Å². The first-order valence-corrected chi connectivity index (χ1v) is 13.7. The molecule has 1 spiro atoms. The SMILES string of the molecule is C1=CCC2(C=C1)Cc1ccccc1N2c1ccc(-c2ccc(-n3c4ccccc4c4ccccc43)cc2)cc1. The first-order valence-electron chi connectivity index (χ1n) is 13.7. The molecular formula is C37H28N2. The number of nitrogens with zero attached hydrogens (tertiary/aromatic N) is 2. The minimum Gasteiger partial charge on any atom is -0.331 e. The number of allylic oxidation sites excluding steroid dienone is 2. The standard InChI is InChI=1S/C37H28N2/c1-8-24-37(25-9-1)26-29-10-2-5-13-34(29)39(37)31-22-18-28(19-23-31)27-16-20-30(21-17-27)38-35-14-6-3-11-32(35)33-12-4-7-15-36(33)38/h1-24H,25-26H2. The van der Waals surface area contributed by atoms with Crippen molar-refractivity contribution in [3.8, 4) is 16.8 Å². The van der Waals surface area contributed by atoms with Crippen LogP contribution < -0.4 is 4.90 Å². The van der Waals surface area contributed by atoms with Crippen molar-refractivity contribution in [3.05, 3.63) is 151 Å². The van der Waals surface area contributed by atoms with E-state index in [9.17, 15) is 0 Å². The fraction of sp³-hybridized carbons (Fsp3) is 0.0811. The average molecular weight is 501 g/mol. The number of hydrogen-bond acceptors (Lipinski definition) is 1. The summed E-state index contributed by atoms with van der Waals surface area (Å²) in [5, 5.41) is 2.58. The summed E-state index contributed by atoms with van der Waals surface area (Å²) in [5.74, 6) is 0. The molecule has 2 aliphatic rings. The molecule has 1 aromatic heterocycles. The number of fused-ring (bicyclic) bond motifs is 4. The molecule has 5 aromatic carbocycles. The van der Waals surface area contributed by atoms with Crippen LogP contribution in [0.3, 0.4) is 0 Å². The third-order valence-corrected chi connectivity index (χ3v) is 8.46. The van der Waals surface area contributed by atoms with E-state index in [-0.39, 0.29) is 5.54 Å². The Morgan fingerprint density at radius 2 is 1.13 bits per heavy atom. The van der Waals surface area contributed by atoms with Crippen molar-refractivity contribution in [2.45, 2.75) is 18.4 Å². The molecule has 0 saturated carbocycles. The van der Waals surface area contributed by atoms with Crippen LogP contribution in [0.15, 0.2) is 146 Å². The summed E-state index contributed by atoms with van der Waals surface area (Å²) in [5.41, 5.74) is 10.1. The monoisotopic (exact) mass is 500 g/mol. The second-order valence-electron chi connectivity index (χ2n) is 10.7. The molecule has 39 heavy (non-hydrogen) atoms. The van der Waals surface area contributed by atoms with Crippen molar-refractivity contribution in [1.29, 1.82) is 0 Å². The van der Waals surface area contributed by atoms with Gasteiger partial charge in [0.2, 0.25) is 0 Å². The van der Waals surface area contributed by atoms with Crippen LogP contribution in [0.4, 0.5) is 11.4 Å². The highest BCUT2D eigenvalue weighted by molar-refractivity contribution is 6.09. The second kappa shape index (κ2) is 8.61. The maximum absolute atomic E-state index is 2.54. The Bertz CT molecular complexity index is 1850. The van der Waals surface area contributed by atoms with Gasteiger partial charge in [-0.25, -0.2) is 0 Å². The summed E-state index contributed by atoms with van der Waals surface area (Å²) < 4.78 is 2.37. The van der Waals surface area contributed by atoms with Gasteiger partial charge in [-0.15, -0.1) is 0 Å². The van der Waals surface area contributed by atoms with Gasteiger partial charge >= 0.3 is 0 Å². The molecule has 6 aromatic rings. The summed E-state index contributed by atoms with van der Waals surface area (Å²) in [6, 6.07) is 44.3. The molecule has 2 nitrogen and oxygen atoms in total. The summed E-state index contributed by atoms with van der Waals surface area (Å²) in [4.78, 5) is 2.54. The third-order valence-electron chi connectivity index (χ3n) is 8.46. The lowest BCUT2D eigenvalue weighted by atomic mass is 9.87. The highest BCUT2D eigenvalue weighted by Crippen LogP contribution is 2.47. The van der Waals surface area contributed by atoms with Crippen LogP contribution in [-0.2, 0) is 6.42 Å². The van der Waals surface area contributed by atoms with Gasteiger partial charge in [-0.05, 0) is 65.6 Å². The molecule has 2 heteroatoms. The molecule has 0 bridgehead atoms. The predicted molar refractivity (Wildman–Crippen MR) is 164 cm³/mol. The predicted octanol–water partition coefficient (Wildman–Crippen LogP) is 9.40. The topological polar surface area (TPSA) is 8.17 Å². The zero-order valence-electron chi connectivity index (χ0n) is 21.7. The summed E-state index contributed by atoms with van der Waals surface area (Å²) in [6.45, 7) is 0.